The maximum absolute atomic E-state index is 12.7. The average molecular weight is 412 g/mol. The lowest BCUT2D eigenvalue weighted by atomic mass is 9.86. The van der Waals surface area contributed by atoms with Crippen LogP contribution in [0, 0.1) is 0 Å². The minimum Gasteiger partial charge on any atom is -0.481 e. The van der Waals surface area contributed by atoms with Crippen LogP contribution in [0.3, 0.4) is 0 Å². The topological polar surface area (TPSA) is 75.6 Å². The van der Waals surface area contributed by atoms with Gasteiger partial charge in [0.1, 0.15) is 6.61 Å². The van der Waals surface area contributed by atoms with Gasteiger partial charge in [0.2, 0.25) is 0 Å². The van der Waals surface area contributed by atoms with Crippen LogP contribution in [-0.2, 0) is 9.53 Å². The predicted octanol–water partition coefficient (Wildman–Crippen LogP) is 4.65. The van der Waals surface area contributed by atoms with E-state index in [0.717, 1.165) is 23.3 Å². The Kier molecular flexibility index (Phi) is 5.54. The zero-order valence-corrected chi connectivity index (χ0v) is 17.2. The first-order valence-electron chi connectivity index (χ1n) is 9.97. The highest BCUT2D eigenvalue weighted by molar-refractivity contribution is 8.00. The van der Waals surface area contributed by atoms with Gasteiger partial charge in [-0.05, 0) is 40.8 Å². The number of ether oxygens (including phenoxy) is 1. The van der Waals surface area contributed by atoms with Crippen molar-refractivity contribution in [3.05, 3.63) is 59.7 Å². The van der Waals surface area contributed by atoms with Crippen molar-refractivity contribution in [1.29, 1.82) is 0 Å². The molecule has 1 aliphatic carbocycles. The molecule has 6 heteroatoms. The molecule has 0 radical (unpaired) electrons. The van der Waals surface area contributed by atoms with Crippen LogP contribution < -0.4 is 5.32 Å². The zero-order valence-electron chi connectivity index (χ0n) is 16.4. The van der Waals surface area contributed by atoms with Crippen molar-refractivity contribution in [2.45, 2.75) is 42.9 Å². The van der Waals surface area contributed by atoms with Crippen molar-refractivity contribution in [1.82, 2.24) is 5.32 Å². The molecule has 2 aromatic rings. The summed E-state index contributed by atoms with van der Waals surface area (Å²) in [6.07, 6.45) is 0.900. The molecular formula is C23H25NO4S. The van der Waals surface area contributed by atoms with Crippen molar-refractivity contribution in [3.8, 4) is 11.1 Å². The SMILES string of the molecule is CC1SCCCC1(CC(=O)O)NC(=O)OCC1c2ccccc2-c2ccccc21. The summed E-state index contributed by atoms with van der Waals surface area (Å²) in [6.45, 7) is 2.21. The van der Waals surface area contributed by atoms with Crippen LogP contribution in [0.25, 0.3) is 11.1 Å². The molecule has 1 heterocycles. The van der Waals surface area contributed by atoms with E-state index in [-0.39, 0.29) is 24.2 Å². The van der Waals surface area contributed by atoms with Crippen molar-refractivity contribution < 1.29 is 19.4 Å². The molecule has 0 spiro atoms. The summed E-state index contributed by atoms with van der Waals surface area (Å²) < 4.78 is 5.65. The Morgan fingerprint density at radius 3 is 2.34 bits per heavy atom. The summed E-state index contributed by atoms with van der Waals surface area (Å²) in [6, 6.07) is 16.4. The number of hydrogen-bond acceptors (Lipinski definition) is 4. The first kappa shape index (κ1) is 19.8. The number of thioether (sulfide) groups is 1. The fourth-order valence-corrected chi connectivity index (χ4v) is 5.80. The van der Waals surface area contributed by atoms with Gasteiger partial charge in [0.05, 0.1) is 12.0 Å². The average Bonchev–Trinajstić information content (AvgIpc) is 3.02. The third-order valence-corrected chi connectivity index (χ3v) is 7.55. The van der Waals surface area contributed by atoms with Crippen LogP contribution in [0.4, 0.5) is 4.79 Å². The maximum Gasteiger partial charge on any atom is 0.407 e. The van der Waals surface area contributed by atoms with Gasteiger partial charge in [0, 0.05) is 11.2 Å². The van der Waals surface area contributed by atoms with E-state index >= 15 is 0 Å². The van der Waals surface area contributed by atoms with Gasteiger partial charge in [-0.15, -0.1) is 0 Å². The summed E-state index contributed by atoms with van der Waals surface area (Å²) in [4.78, 5) is 24.1. The number of nitrogens with one attached hydrogen (secondary N) is 1. The number of carbonyl (C=O) groups is 2. The standard InChI is InChI=1S/C23H25NO4S/c1-15-23(13-21(25)26,11-6-12-29-15)24-22(27)28-14-20-18-9-4-2-7-16(18)17-8-3-5-10-19(17)20/h2-5,7-10,15,20H,6,11-14H2,1H3,(H,24,27)(H,25,26). The third-order valence-electron chi connectivity index (χ3n) is 6.07. The number of benzene rings is 2. The summed E-state index contributed by atoms with van der Waals surface area (Å²) in [7, 11) is 0. The molecule has 1 fully saturated rings. The number of aliphatic carboxylic acids is 1. The molecule has 2 atom stereocenters. The first-order chi connectivity index (χ1) is 14.0. The zero-order chi connectivity index (χ0) is 20.4. The minimum atomic E-state index is -0.904. The summed E-state index contributed by atoms with van der Waals surface area (Å²) >= 11 is 1.70. The Balaban J connectivity index is 1.49. The van der Waals surface area contributed by atoms with E-state index in [9.17, 15) is 14.7 Å². The third kappa shape index (κ3) is 3.86. The molecule has 152 valence electrons. The van der Waals surface area contributed by atoms with Crippen LogP contribution in [0.1, 0.15) is 43.2 Å². The fraction of sp³-hybridized carbons (Fsp3) is 0.391. The number of carboxylic acids is 1. The van der Waals surface area contributed by atoms with Crippen LogP contribution in [0.15, 0.2) is 48.5 Å². The number of amides is 1. The number of hydrogen-bond donors (Lipinski definition) is 2. The monoisotopic (exact) mass is 411 g/mol. The molecule has 2 aromatic carbocycles. The minimum absolute atomic E-state index is 0.0123. The van der Waals surface area contributed by atoms with E-state index in [0.29, 0.717) is 6.42 Å². The molecule has 1 saturated heterocycles. The second kappa shape index (κ2) is 8.11. The maximum atomic E-state index is 12.7. The Morgan fingerprint density at radius 2 is 1.76 bits per heavy atom. The molecule has 1 amide bonds. The van der Waals surface area contributed by atoms with E-state index in [4.69, 9.17) is 4.74 Å². The molecule has 5 nitrogen and oxygen atoms in total. The predicted molar refractivity (Wildman–Crippen MR) is 114 cm³/mol. The summed E-state index contributed by atoms with van der Waals surface area (Å²) in [5, 5.41) is 12.3. The number of carboxylic acid groups (broad SMARTS) is 1. The van der Waals surface area contributed by atoms with Gasteiger partial charge in [-0.3, -0.25) is 4.79 Å². The number of fused-ring (bicyclic) bond motifs is 3. The Labute approximate surface area is 174 Å². The Bertz CT molecular complexity index is 885. The highest BCUT2D eigenvalue weighted by Gasteiger charge is 2.42. The lowest BCUT2D eigenvalue weighted by Crippen LogP contribution is -2.57. The lowest BCUT2D eigenvalue weighted by Gasteiger charge is -2.41. The quantitative estimate of drug-likeness (QED) is 0.749. The normalized spacial score (nSPS) is 23.1. The first-order valence-corrected chi connectivity index (χ1v) is 11.0. The number of carbonyl (C=O) groups excluding carboxylic acids is 1. The molecule has 1 aliphatic heterocycles. The van der Waals surface area contributed by atoms with Crippen molar-refractivity contribution in [3.63, 3.8) is 0 Å². The summed E-state index contributed by atoms with van der Waals surface area (Å²) in [5.41, 5.74) is 3.90. The molecule has 0 bridgehead atoms. The molecule has 29 heavy (non-hydrogen) atoms. The lowest BCUT2D eigenvalue weighted by molar-refractivity contribution is -0.138. The van der Waals surface area contributed by atoms with Crippen LogP contribution in [0.2, 0.25) is 0 Å². The van der Waals surface area contributed by atoms with E-state index in [1.165, 1.54) is 11.1 Å². The van der Waals surface area contributed by atoms with E-state index in [2.05, 4.69) is 29.6 Å². The van der Waals surface area contributed by atoms with Crippen molar-refractivity contribution in [2.24, 2.45) is 0 Å². The van der Waals surface area contributed by atoms with Crippen LogP contribution >= 0.6 is 11.8 Å². The van der Waals surface area contributed by atoms with E-state index in [1.807, 2.05) is 31.2 Å². The molecule has 0 saturated carbocycles. The largest absolute Gasteiger partial charge is 0.481 e. The van der Waals surface area contributed by atoms with Crippen molar-refractivity contribution in [2.75, 3.05) is 12.4 Å². The Hall–Kier alpha value is -2.47. The highest BCUT2D eigenvalue weighted by atomic mass is 32.2. The smallest absolute Gasteiger partial charge is 0.407 e. The molecular weight excluding hydrogens is 386 g/mol. The molecule has 4 rings (SSSR count). The van der Waals surface area contributed by atoms with Gasteiger partial charge in [0.25, 0.3) is 0 Å². The van der Waals surface area contributed by atoms with Gasteiger partial charge < -0.3 is 15.2 Å². The second-order valence-electron chi connectivity index (χ2n) is 7.79. The van der Waals surface area contributed by atoms with Gasteiger partial charge in [-0.25, -0.2) is 4.79 Å². The molecule has 0 aromatic heterocycles. The number of rotatable bonds is 5. The van der Waals surface area contributed by atoms with Gasteiger partial charge in [0.15, 0.2) is 0 Å². The fourth-order valence-electron chi connectivity index (χ4n) is 4.56. The number of alkyl carbamates (subject to hydrolysis) is 1. The van der Waals surface area contributed by atoms with Crippen molar-refractivity contribution >= 4 is 23.8 Å². The van der Waals surface area contributed by atoms with Gasteiger partial charge in [-0.2, -0.15) is 11.8 Å². The van der Waals surface area contributed by atoms with E-state index < -0.39 is 17.6 Å². The van der Waals surface area contributed by atoms with Crippen LogP contribution in [0.5, 0.6) is 0 Å². The van der Waals surface area contributed by atoms with E-state index in [1.54, 1.807) is 11.8 Å². The van der Waals surface area contributed by atoms with Gasteiger partial charge >= 0.3 is 12.1 Å². The second-order valence-corrected chi connectivity index (χ2v) is 9.24. The summed E-state index contributed by atoms with van der Waals surface area (Å²) in [5.74, 6) is 0.0644. The Morgan fingerprint density at radius 1 is 1.14 bits per heavy atom. The molecule has 2 N–H and O–H groups in total. The highest BCUT2D eigenvalue weighted by Crippen LogP contribution is 2.44. The molecule has 2 aliphatic rings. The molecule has 2 unspecified atom stereocenters. The van der Waals surface area contributed by atoms with Crippen LogP contribution in [-0.4, -0.2) is 40.3 Å². The van der Waals surface area contributed by atoms with Gasteiger partial charge in [-0.1, -0.05) is 55.5 Å².